The van der Waals surface area contributed by atoms with Crippen LogP contribution in [-0.4, -0.2) is 0 Å². The van der Waals surface area contributed by atoms with Crippen LogP contribution in [0.25, 0.3) is 0 Å². The highest BCUT2D eigenvalue weighted by atomic mass is 19.1. The maximum atomic E-state index is 13.4. The molecule has 2 aromatic carbocycles. The van der Waals surface area contributed by atoms with Crippen molar-refractivity contribution in [2.24, 2.45) is 0 Å². The molecule has 0 spiro atoms. The third-order valence-electron chi connectivity index (χ3n) is 2.66. The second-order valence-corrected chi connectivity index (χ2v) is 3.94. The first kappa shape index (κ1) is 12.1. The van der Waals surface area contributed by atoms with Gasteiger partial charge in [-0.15, -0.1) is 0 Å². The van der Waals surface area contributed by atoms with Crippen LogP contribution in [0.15, 0.2) is 42.5 Å². The summed E-state index contributed by atoms with van der Waals surface area (Å²) in [6.45, 7) is 1.98. The predicted molar refractivity (Wildman–Crippen MR) is 66.6 cm³/mol. The highest BCUT2D eigenvalue weighted by Crippen LogP contribution is 2.24. The van der Waals surface area contributed by atoms with E-state index in [4.69, 9.17) is 10.00 Å². The minimum absolute atomic E-state index is 0.117. The summed E-state index contributed by atoms with van der Waals surface area (Å²) >= 11 is 0. The maximum absolute atomic E-state index is 13.4. The summed E-state index contributed by atoms with van der Waals surface area (Å²) in [4.78, 5) is 0. The Morgan fingerprint density at radius 1 is 1.17 bits per heavy atom. The molecule has 0 aromatic heterocycles. The van der Waals surface area contributed by atoms with Crippen molar-refractivity contribution in [2.45, 2.75) is 13.5 Å². The number of nitrogens with zero attached hydrogens (tertiary/aromatic N) is 1. The molecule has 0 bridgehead atoms. The molecular formula is C15H12FNO. The monoisotopic (exact) mass is 241 g/mol. The van der Waals surface area contributed by atoms with Crippen molar-refractivity contribution in [3.05, 3.63) is 65.0 Å². The van der Waals surface area contributed by atoms with E-state index >= 15 is 0 Å². The molecular weight excluding hydrogens is 229 g/mol. The molecule has 3 heteroatoms. The first-order valence-electron chi connectivity index (χ1n) is 5.58. The number of ether oxygens (including phenoxy) is 1. The van der Waals surface area contributed by atoms with Crippen LogP contribution >= 0.6 is 0 Å². The lowest BCUT2D eigenvalue weighted by atomic mass is 10.1. The van der Waals surface area contributed by atoms with Gasteiger partial charge in [-0.3, -0.25) is 0 Å². The number of hydrogen-bond donors (Lipinski definition) is 0. The van der Waals surface area contributed by atoms with Crippen LogP contribution in [0.3, 0.4) is 0 Å². The van der Waals surface area contributed by atoms with E-state index in [1.807, 2.05) is 13.0 Å². The number of hydrogen-bond acceptors (Lipinski definition) is 2. The van der Waals surface area contributed by atoms with E-state index in [0.29, 0.717) is 16.9 Å². The number of para-hydroxylation sites is 1. The number of nitriles is 1. The highest BCUT2D eigenvalue weighted by Gasteiger charge is 2.08. The van der Waals surface area contributed by atoms with E-state index in [1.54, 1.807) is 30.3 Å². The molecule has 0 saturated carbocycles. The van der Waals surface area contributed by atoms with Gasteiger partial charge in [0.2, 0.25) is 0 Å². The molecule has 0 heterocycles. The average molecular weight is 241 g/mol. The Hall–Kier alpha value is -2.34. The number of rotatable bonds is 3. The van der Waals surface area contributed by atoms with Gasteiger partial charge < -0.3 is 4.74 Å². The zero-order valence-corrected chi connectivity index (χ0v) is 9.98. The summed E-state index contributed by atoms with van der Waals surface area (Å²) in [5.74, 6) is 0.216. The molecule has 0 aliphatic rings. The van der Waals surface area contributed by atoms with Crippen molar-refractivity contribution in [2.75, 3.05) is 0 Å². The van der Waals surface area contributed by atoms with E-state index in [-0.39, 0.29) is 12.4 Å². The zero-order valence-electron chi connectivity index (χ0n) is 9.98. The molecule has 0 radical (unpaired) electrons. The summed E-state index contributed by atoms with van der Waals surface area (Å²) in [5.41, 5.74) is 1.81. The van der Waals surface area contributed by atoms with Gasteiger partial charge in [-0.1, -0.05) is 30.3 Å². The Bertz CT molecular complexity index is 602. The van der Waals surface area contributed by atoms with Crippen molar-refractivity contribution in [3.8, 4) is 11.8 Å². The molecule has 0 unspecified atom stereocenters. The Balaban J connectivity index is 2.22. The van der Waals surface area contributed by atoms with E-state index in [0.717, 1.165) is 5.56 Å². The number of aryl methyl sites for hydroxylation is 1. The van der Waals surface area contributed by atoms with Crippen LogP contribution in [0.4, 0.5) is 4.39 Å². The molecule has 0 aliphatic heterocycles. The second kappa shape index (κ2) is 5.33. The Labute approximate surface area is 105 Å². The zero-order chi connectivity index (χ0) is 13.0. The van der Waals surface area contributed by atoms with Crippen molar-refractivity contribution < 1.29 is 9.13 Å². The van der Waals surface area contributed by atoms with Crippen LogP contribution in [0, 0.1) is 24.1 Å². The lowest BCUT2D eigenvalue weighted by Crippen LogP contribution is -2.01. The normalized spacial score (nSPS) is 9.83. The molecule has 0 atom stereocenters. The molecule has 2 nitrogen and oxygen atoms in total. The lowest BCUT2D eigenvalue weighted by molar-refractivity contribution is 0.297. The maximum Gasteiger partial charge on any atom is 0.140 e. The van der Waals surface area contributed by atoms with E-state index in [2.05, 4.69) is 6.07 Å². The van der Waals surface area contributed by atoms with Gasteiger partial charge in [-0.25, -0.2) is 4.39 Å². The highest BCUT2D eigenvalue weighted by molar-refractivity contribution is 5.47. The van der Waals surface area contributed by atoms with Crippen molar-refractivity contribution in [1.29, 1.82) is 5.26 Å². The molecule has 0 N–H and O–H groups in total. The van der Waals surface area contributed by atoms with Crippen LogP contribution in [-0.2, 0) is 6.61 Å². The van der Waals surface area contributed by atoms with E-state index in [9.17, 15) is 4.39 Å². The van der Waals surface area contributed by atoms with Gasteiger partial charge in [0.15, 0.2) is 0 Å². The Morgan fingerprint density at radius 3 is 2.67 bits per heavy atom. The fourth-order valence-corrected chi connectivity index (χ4v) is 1.70. The van der Waals surface area contributed by atoms with Gasteiger partial charge in [0.25, 0.3) is 0 Å². The van der Waals surface area contributed by atoms with Crippen molar-refractivity contribution in [3.63, 3.8) is 0 Å². The smallest absolute Gasteiger partial charge is 0.140 e. The second-order valence-electron chi connectivity index (χ2n) is 3.94. The fourth-order valence-electron chi connectivity index (χ4n) is 1.70. The molecule has 18 heavy (non-hydrogen) atoms. The standard InChI is InChI=1S/C15H12FNO/c1-11-5-4-7-12(9-17)15(11)18-10-13-6-2-3-8-14(13)16/h2-8H,10H2,1H3. The Kier molecular flexibility index (Phi) is 3.59. The molecule has 0 amide bonds. The van der Waals surface area contributed by atoms with Gasteiger partial charge >= 0.3 is 0 Å². The molecule has 0 fully saturated rings. The van der Waals surface area contributed by atoms with E-state index < -0.39 is 0 Å². The first-order chi connectivity index (χ1) is 8.72. The van der Waals surface area contributed by atoms with Gasteiger partial charge in [-0.05, 0) is 24.6 Å². The van der Waals surface area contributed by atoms with Crippen molar-refractivity contribution >= 4 is 0 Å². The van der Waals surface area contributed by atoms with Crippen LogP contribution < -0.4 is 4.74 Å². The average Bonchev–Trinajstić information content (AvgIpc) is 2.39. The topological polar surface area (TPSA) is 33.0 Å². The molecule has 90 valence electrons. The largest absolute Gasteiger partial charge is 0.487 e. The summed E-state index contributed by atoms with van der Waals surface area (Å²) in [5, 5.41) is 8.99. The SMILES string of the molecule is Cc1cccc(C#N)c1OCc1ccccc1F. The molecule has 2 rings (SSSR count). The summed E-state index contributed by atoms with van der Waals surface area (Å²) < 4.78 is 19.0. The van der Waals surface area contributed by atoms with Gasteiger partial charge in [-0.2, -0.15) is 5.26 Å². The molecule has 0 aliphatic carbocycles. The van der Waals surface area contributed by atoms with Crippen LogP contribution in [0.5, 0.6) is 5.75 Å². The third kappa shape index (κ3) is 2.49. The summed E-state index contributed by atoms with van der Waals surface area (Å²) in [7, 11) is 0. The van der Waals surface area contributed by atoms with Gasteiger partial charge in [0, 0.05) is 5.56 Å². The van der Waals surface area contributed by atoms with Crippen LogP contribution in [0.1, 0.15) is 16.7 Å². The Morgan fingerprint density at radius 2 is 1.94 bits per heavy atom. The van der Waals surface area contributed by atoms with E-state index in [1.165, 1.54) is 6.07 Å². The summed E-state index contributed by atoms with van der Waals surface area (Å²) in [6.07, 6.45) is 0. The predicted octanol–water partition coefficient (Wildman–Crippen LogP) is 3.58. The molecule has 2 aromatic rings. The third-order valence-corrected chi connectivity index (χ3v) is 2.66. The number of halogens is 1. The molecule has 0 saturated heterocycles. The first-order valence-corrected chi connectivity index (χ1v) is 5.58. The minimum Gasteiger partial charge on any atom is -0.487 e. The summed E-state index contributed by atoms with van der Waals surface area (Å²) in [6, 6.07) is 13.9. The van der Waals surface area contributed by atoms with Crippen molar-refractivity contribution in [1.82, 2.24) is 0 Å². The fraction of sp³-hybridized carbons (Fsp3) is 0.133. The minimum atomic E-state index is -0.301. The van der Waals surface area contributed by atoms with Crippen LogP contribution in [0.2, 0.25) is 0 Å². The van der Waals surface area contributed by atoms with Gasteiger partial charge in [0.05, 0.1) is 5.56 Å². The number of benzene rings is 2. The van der Waals surface area contributed by atoms with Gasteiger partial charge in [0.1, 0.15) is 24.2 Å². The lowest BCUT2D eigenvalue weighted by Gasteiger charge is -2.11. The quantitative estimate of drug-likeness (QED) is 0.822.